The molecule has 0 aliphatic carbocycles. The fourth-order valence-electron chi connectivity index (χ4n) is 3.09. The zero-order valence-corrected chi connectivity index (χ0v) is 14.1. The van der Waals surface area contributed by atoms with Gasteiger partial charge in [-0.1, -0.05) is 30.3 Å². The summed E-state index contributed by atoms with van der Waals surface area (Å²) in [6, 6.07) is 11.2. The van der Waals surface area contributed by atoms with Crippen molar-refractivity contribution in [2.45, 2.75) is 13.3 Å². The Morgan fingerprint density at radius 3 is 2.58 bits per heavy atom. The molecule has 5 nitrogen and oxygen atoms in total. The second-order valence-corrected chi connectivity index (χ2v) is 6.23. The Kier molecular flexibility index (Phi) is 4.81. The van der Waals surface area contributed by atoms with Gasteiger partial charge in [-0.15, -0.1) is 0 Å². The molecule has 1 amide bonds. The van der Waals surface area contributed by atoms with Crippen LogP contribution in [0, 0.1) is 0 Å². The molecule has 126 valence electrons. The van der Waals surface area contributed by atoms with E-state index in [1.165, 1.54) is 6.92 Å². The summed E-state index contributed by atoms with van der Waals surface area (Å²) < 4.78 is 5.59. The zero-order valence-electron chi connectivity index (χ0n) is 14.1. The van der Waals surface area contributed by atoms with Crippen molar-refractivity contribution in [1.82, 2.24) is 9.80 Å². The molecule has 1 aliphatic heterocycles. The van der Waals surface area contributed by atoms with Gasteiger partial charge in [-0.2, -0.15) is 0 Å². The van der Waals surface area contributed by atoms with Crippen molar-refractivity contribution >= 4 is 22.6 Å². The van der Waals surface area contributed by atoms with Crippen molar-refractivity contribution in [3.05, 3.63) is 42.0 Å². The van der Waals surface area contributed by atoms with Gasteiger partial charge < -0.3 is 14.5 Å². The third-order valence-corrected chi connectivity index (χ3v) is 4.42. The Bertz CT molecular complexity index is 772. The summed E-state index contributed by atoms with van der Waals surface area (Å²) >= 11 is 0. The molecule has 0 unspecified atom stereocenters. The summed E-state index contributed by atoms with van der Waals surface area (Å²) in [5.74, 6) is 0.231. The SMILES string of the molecule is CC(=O)c1c(OC(=O)N2CCCN(C)CC2)ccc2ccccc12. The predicted molar refractivity (Wildman–Crippen MR) is 93.7 cm³/mol. The summed E-state index contributed by atoms with van der Waals surface area (Å²) in [6.07, 6.45) is 0.533. The normalized spacial score (nSPS) is 16.0. The number of fused-ring (bicyclic) bond motifs is 1. The van der Waals surface area contributed by atoms with Gasteiger partial charge in [-0.3, -0.25) is 4.79 Å². The van der Waals surface area contributed by atoms with Crippen LogP contribution in [0.25, 0.3) is 10.8 Å². The molecule has 1 fully saturated rings. The zero-order chi connectivity index (χ0) is 17.1. The third-order valence-electron chi connectivity index (χ3n) is 4.42. The molecule has 1 heterocycles. The lowest BCUT2D eigenvalue weighted by molar-refractivity contribution is 0.101. The lowest BCUT2D eigenvalue weighted by Gasteiger charge is -2.21. The highest BCUT2D eigenvalue weighted by Gasteiger charge is 2.22. The van der Waals surface area contributed by atoms with E-state index in [1.54, 1.807) is 11.0 Å². The van der Waals surface area contributed by atoms with Gasteiger partial charge in [0.05, 0.1) is 5.56 Å². The van der Waals surface area contributed by atoms with Gasteiger partial charge in [-0.05, 0) is 43.8 Å². The van der Waals surface area contributed by atoms with E-state index >= 15 is 0 Å². The van der Waals surface area contributed by atoms with Crippen LogP contribution in [0.2, 0.25) is 0 Å². The average molecular weight is 326 g/mol. The molecule has 0 aromatic heterocycles. The van der Waals surface area contributed by atoms with Crippen LogP contribution < -0.4 is 4.74 Å². The van der Waals surface area contributed by atoms with Gasteiger partial charge in [0, 0.05) is 19.6 Å². The van der Waals surface area contributed by atoms with Crippen LogP contribution in [0.5, 0.6) is 5.75 Å². The minimum absolute atomic E-state index is 0.106. The minimum atomic E-state index is -0.386. The number of benzene rings is 2. The standard InChI is InChI=1S/C19H22N2O3/c1-14(22)18-16-7-4-3-6-15(16)8-9-17(18)24-19(23)21-11-5-10-20(2)12-13-21/h3-4,6-9H,5,10-13H2,1-2H3. The molecule has 0 saturated carbocycles. The first-order chi connectivity index (χ1) is 11.6. The maximum Gasteiger partial charge on any atom is 0.415 e. The van der Waals surface area contributed by atoms with Crippen LogP contribution in [0.3, 0.4) is 0 Å². The van der Waals surface area contributed by atoms with Gasteiger partial charge in [0.1, 0.15) is 5.75 Å². The van der Waals surface area contributed by atoms with E-state index in [0.29, 0.717) is 24.4 Å². The number of hydrogen-bond acceptors (Lipinski definition) is 4. The van der Waals surface area contributed by atoms with Crippen LogP contribution in [0.4, 0.5) is 4.79 Å². The second-order valence-electron chi connectivity index (χ2n) is 6.23. The molecule has 24 heavy (non-hydrogen) atoms. The van der Waals surface area contributed by atoms with Gasteiger partial charge in [0.15, 0.2) is 5.78 Å². The highest BCUT2D eigenvalue weighted by atomic mass is 16.6. The largest absolute Gasteiger partial charge is 0.415 e. The smallest absolute Gasteiger partial charge is 0.409 e. The van der Waals surface area contributed by atoms with E-state index in [1.807, 2.05) is 37.4 Å². The number of nitrogens with zero attached hydrogens (tertiary/aromatic N) is 2. The number of ketones is 1. The van der Waals surface area contributed by atoms with Gasteiger partial charge in [-0.25, -0.2) is 4.79 Å². The highest BCUT2D eigenvalue weighted by molar-refractivity contribution is 6.09. The minimum Gasteiger partial charge on any atom is -0.409 e. The first-order valence-corrected chi connectivity index (χ1v) is 8.24. The van der Waals surface area contributed by atoms with E-state index in [2.05, 4.69) is 4.90 Å². The number of hydrogen-bond donors (Lipinski definition) is 0. The molecule has 3 rings (SSSR count). The van der Waals surface area contributed by atoms with Crippen molar-refractivity contribution in [1.29, 1.82) is 0 Å². The maximum atomic E-state index is 12.5. The van der Waals surface area contributed by atoms with Crippen molar-refractivity contribution in [3.8, 4) is 5.75 Å². The Labute approximate surface area is 141 Å². The second kappa shape index (κ2) is 7.01. The molecule has 1 saturated heterocycles. The Balaban J connectivity index is 1.88. The Morgan fingerprint density at radius 1 is 1.00 bits per heavy atom. The van der Waals surface area contributed by atoms with E-state index in [0.717, 1.165) is 30.3 Å². The van der Waals surface area contributed by atoms with Crippen LogP contribution in [0.15, 0.2) is 36.4 Å². The lowest BCUT2D eigenvalue weighted by Crippen LogP contribution is -2.36. The maximum absolute atomic E-state index is 12.5. The fraction of sp³-hybridized carbons (Fsp3) is 0.368. The quantitative estimate of drug-likeness (QED) is 0.795. The highest BCUT2D eigenvalue weighted by Crippen LogP contribution is 2.29. The van der Waals surface area contributed by atoms with E-state index in [-0.39, 0.29) is 11.9 Å². The number of amides is 1. The summed E-state index contributed by atoms with van der Waals surface area (Å²) in [4.78, 5) is 28.5. The summed E-state index contributed by atoms with van der Waals surface area (Å²) in [7, 11) is 2.05. The van der Waals surface area contributed by atoms with Gasteiger partial charge in [0.25, 0.3) is 0 Å². The van der Waals surface area contributed by atoms with Crippen LogP contribution in [-0.4, -0.2) is 54.9 Å². The molecule has 0 spiro atoms. The number of carbonyl (C=O) groups excluding carboxylic acids is 2. The molecular weight excluding hydrogens is 304 g/mol. The summed E-state index contributed by atoms with van der Waals surface area (Å²) in [6.45, 7) is 4.61. The summed E-state index contributed by atoms with van der Waals surface area (Å²) in [5.41, 5.74) is 0.466. The number of ether oxygens (including phenoxy) is 1. The number of likely N-dealkylation sites (N-methyl/N-ethyl adjacent to an activating group) is 1. The van der Waals surface area contributed by atoms with Crippen molar-refractivity contribution in [2.24, 2.45) is 0 Å². The lowest BCUT2D eigenvalue weighted by atomic mass is 10.0. The number of Topliss-reactive ketones (excluding diaryl/α,β-unsaturated/α-hetero) is 1. The molecule has 2 aromatic rings. The summed E-state index contributed by atoms with van der Waals surface area (Å²) in [5, 5.41) is 1.77. The fourth-order valence-corrected chi connectivity index (χ4v) is 3.09. The molecule has 2 aromatic carbocycles. The molecule has 5 heteroatoms. The van der Waals surface area contributed by atoms with Crippen LogP contribution in [-0.2, 0) is 0 Å². The molecule has 0 bridgehead atoms. The number of carbonyl (C=O) groups is 2. The van der Waals surface area contributed by atoms with Crippen molar-refractivity contribution in [2.75, 3.05) is 33.2 Å². The van der Waals surface area contributed by atoms with Crippen LogP contribution in [0.1, 0.15) is 23.7 Å². The molecular formula is C19H22N2O3. The molecule has 1 aliphatic rings. The van der Waals surface area contributed by atoms with Crippen molar-refractivity contribution in [3.63, 3.8) is 0 Å². The van der Waals surface area contributed by atoms with Crippen molar-refractivity contribution < 1.29 is 14.3 Å². The van der Waals surface area contributed by atoms with E-state index in [4.69, 9.17) is 4.74 Å². The van der Waals surface area contributed by atoms with E-state index < -0.39 is 0 Å². The monoisotopic (exact) mass is 326 g/mol. The molecule has 0 atom stereocenters. The topological polar surface area (TPSA) is 49.9 Å². The van der Waals surface area contributed by atoms with Gasteiger partial charge in [0.2, 0.25) is 0 Å². The molecule has 0 N–H and O–H groups in total. The Morgan fingerprint density at radius 2 is 1.79 bits per heavy atom. The van der Waals surface area contributed by atoms with E-state index in [9.17, 15) is 9.59 Å². The first kappa shape index (κ1) is 16.5. The number of rotatable bonds is 2. The van der Waals surface area contributed by atoms with Crippen LogP contribution >= 0.6 is 0 Å². The first-order valence-electron chi connectivity index (χ1n) is 8.24. The third kappa shape index (κ3) is 3.41. The van der Waals surface area contributed by atoms with Gasteiger partial charge >= 0.3 is 6.09 Å². The predicted octanol–water partition coefficient (Wildman–Crippen LogP) is 3.18. The Hall–Kier alpha value is -2.40. The molecule has 0 radical (unpaired) electrons. The average Bonchev–Trinajstić information content (AvgIpc) is 2.79.